The Hall–Kier alpha value is -2.38. The minimum atomic E-state index is -0.205. The molecule has 8 heteroatoms. The topological polar surface area (TPSA) is 67.3 Å². The maximum absolute atomic E-state index is 13.1. The first-order valence-electron chi connectivity index (χ1n) is 9.65. The van der Waals surface area contributed by atoms with E-state index >= 15 is 0 Å². The van der Waals surface area contributed by atoms with Crippen molar-refractivity contribution in [2.24, 2.45) is 0 Å². The van der Waals surface area contributed by atoms with E-state index in [9.17, 15) is 4.79 Å². The summed E-state index contributed by atoms with van der Waals surface area (Å²) in [5.41, 5.74) is 1.44. The number of carbonyl (C=O) groups excluding carboxylic acids is 1. The molecule has 0 saturated carbocycles. The molecule has 3 heterocycles. The van der Waals surface area contributed by atoms with Crippen LogP contribution in [-0.2, 0) is 0 Å². The van der Waals surface area contributed by atoms with Crippen LogP contribution in [0.1, 0.15) is 41.4 Å². The number of nitrogens with one attached hydrogen (secondary N) is 1. The van der Waals surface area contributed by atoms with Crippen LogP contribution >= 0.6 is 22.9 Å². The Balaban J connectivity index is 1.72. The second-order valence-electron chi connectivity index (χ2n) is 7.27. The fourth-order valence-electron chi connectivity index (χ4n) is 3.86. The molecule has 1 fully saturated rings. The fraction of sp³-hybridized carbons (Fsp3) is 0.381. The van der Waals surface area contributed by atoms with Gasteiger partial charge in [-0.15, -0.1) is 11.3 Å². The summed E-state index contributed by atoms with van der Waals surface area (Å²) in [6.07, 6.45) is 5.14. The SMILES string of the molecule is COc1ccc(Cl)cc1NC(=O)c1sc2ncnc(N3CCCC[C@H]3C)c2c1C. The summed E-state index contributed by atoms with van der Waals surface area (Å²) < 4.78 is 5.34. The normalized spacial score (nSPS) is 16.8. The number of aryl methyl sites for hydroxylation is 1. The number of benzene rings is 1. The summed E-state index contributed by atoms with van der Waals surface area (Å²) in [6, 6.07) is 5.57. The molecule has 1 amide bonds. The van der Waals surface area contributed by atoms with Gasteiger partial charge >= 0.3 is 0 Å². The average molecular weight is 431 g/mol. The van der Waals surface area contributed by atoms with Gasteiger partial charge in [0.05, 0.1) is 23.1 Å². The molecule has 0 unspecified atom stereocenters. The van der Waals surface area contributed by atoms with Crippen LogP contribution in [0.15, 0.2) is 24.5 Å². The second-order valence-corrected chi connectivity index (χ2v) is 8.71. The summed E-state index contributed by atoms with van der Waals surface area (Å²) in [4.78, 5) is 25.9. The Morgan fingerprint density at radius 1 is 1.34 bits per heavy atom. The summed E-state index contributed by atoms with van der Waals surface area (Å²) in [5, 5.41) is 4.42. The van der Waals surface area contributed by atoms with Gasteiger partial charge in [-0.2, -0.15) is 0 Å². The van der Waals surface area contributed by atoms with Crippen molar-refractivity contribution in [2.45, 2.75) is 39.2 Å². The maximum Gasteiger partial charge on any atom is 0.266 e. The van der Waals surface area contributed by atoms with Gasteiger partial charge in [-0.3, -0.25) is 4.79 Å². The molecule has 1 aliphatic heterocycles. The van der Waals surface area contributed by atoms with Gasteiger partial charge in [-0.1, -0.05) is 11.6 Å². The van der Waals surface area contributed by atoms with Crippen molar-refractivity contribution < 1.29 is 9.53 Å². The number of ether oxygens (including phenoxy) is 1. The molecule has 6 nitrogen and oxygen atoms in total. The molecule has 3 aromatic rings. The number of piperidine rings is 1. The largest absolute Gasteiger partial charge is 0.495 e. The Bertz CT molecular complexity index is 1070. The van der Waals surface area contributed by atoms with Crippen LogP contribution < -0.4 is 15.0 Å². The van der Waals surface area contributed by atoms with E-state index < -0.39 is 0 Å². The summed E-state index contributed by atoms with van der Waals surface area (Å²) in [5.74, 6) is 1.28. The van der Waals surface area contributed by atoms with E-state index in [1.165, 1.54) is 17.8 Å². The van der Waals surface area contributed by atoms with Crippen LogP contribution in [-0.4, -0.2) is 35.6 Å². The zero-order valence-corrected chi connectivity index (χ0v) is 18.2. The van der Waals surface area contributed by atoms with Crippen LogP contribution in [0.4, 0.5) is 11.5 Å². The number of halogens is 1. The predicted molar refractivity (Wildman–Crippen MR) is 119 cm³/mol. The van der Waals surface area contributed by atoms with Crippen LogP contribution in [0.25, 0.3) is 10.2 Å². The third-order valence-electron chi connectivity index (χ3n) is 5.40. The molecule has 29 heavy (non-hydrogen) atoms. The monoisotopic (exact) mass is 430 g/mol. The zero-order valence-electron chi connectivity index (χ0n) is 16.7. The lowest BCUT2D eigenvalue weighted by Gasteiger charge is -2.34. The first-order valence-corrected chi connectivity index (χ1v) is 10.8. The minimum Gasteiger partial charge on any atom is -0.495 e. The molecule has 0 bridgehead atoms. The van der Waals surface area contributed by atoms with Gasteiger partial charge in [0.25, 0.3) is 5.91 Å². The molecule has 1 atom stereocenters. The maximum atomic E-state index is 13.1. The van der Waals surface area contributed by atoms with Gasteiger partial charge < -0.3 is 15.0 Å². The lowest BCUT2D eigenvalue weighted by molar-refractivity contribution is 0.102. The Labute approximate surface area is 178 Å². The zero-order chi connectivity index (χ0) is 20.5. The van der Waals surface area contributed by atoms with Crippen LogP contribution in [0.5, 0.6) is 5.75 Å². The van der Waals surface area contributed by atoms with Gasteiger partial charge in [0, 0.05) is 17.6 Å². The van der Waals surface area contributed by atoms with Crippen molar-refractivity contribution in [3.63, 3.8) is 0 Å². The Morgan fingerprint density at radius 2 is 2.17 bits per heavy atom. The molecule has 152 valence electrons. The number of anilines is 2. The number of rotatable bonds is 4. The van der Waals surface area contributed by atoms with E-state index in [1.54, 1.807) is 31.6 Å². The third-order valence-corrected chi connectivity index (χ3v) is 6.83. The molecule has 1 aromatic carbocycles. The van der Waals surface area contributed by atoms with E-state index in [2.05, 4.69) is 27.1 Å². The molecule has 0 aliphatic carbocycles. The number of hydrogen-bond donors (Lipinski definition) is 1. The van der Waals surface area contributed by atoms with Crippen molar-refractivity contribution in [3.05, 3.63) is 40.0 Å². The Kier molecular flexibility index (Phi) is 5.61. The van der Waals surface area contributed by atoms with Crippen LogP contribution in [0, 0.1) is 6.92 Å². The quantitative estimate of drug-likeness (QED) is 0.608. The van der Waals surface area contributed by atoms with Gasteiger partial charge in [0.1, 0.15) is 22.7 Å². The second kappa shape index (κ2) is 8.16. The van der Waals surface area contributed by atoms with Crippen molar-refractivity contribution in [1.82, 2.24) is 9.97 Å². The van der Waals surface area contributed by atoms with Crippen molar-refractivity contribution >= 4 is 50.6 Å². The standard InChI is InChI=1S/C21H23ClN4O2S/c1-12-6-4-5-9-26(12)19-17-13(2)18(29-21(17)24-11-23-19)20(27)25-15-10-14(22)7-8-16(15)28-3/h7-8,10-12H,4-6,9H2,1-3H3,(H,25,27)/t12-/m1/s1. The van der Waals surface area contributed by atoms with Crippen LogP contribution in [0.3, 0.4) is 0 Å². The highest BCUT2D eigenvalue weighted by molar-refractivity contribution is 7.20. The number of hydrogen-bond acceptors (Lipinski definition) is 6. The highest BCUT2D eigenvalue weighted by atomic mass is 35.5. The van der Waals surface area contributed by atoms with E-state index in [1.807, 2.05) is 6.92 Å². The van der Waals surface area contributed by atoms with Crippen molar-refractivity contribution in [2.75, 3.05) is 23.9 Å². The lowest BCUT2D eigenvalue weighted by Crippen LogP contribution is -2.38. The highest BCUT2D eigenvalue weighted by Crippen LogP contribution is 2.37. The van der Waals surface area contributed by atoms with Gasteiger partial charge in [0.15, 0.2) is 0 Å². The smallest absolute Gasteiger partial charge is 0.266 e. The molecule has 1 saturated heterocycles. The summed E-state index contributed by atoms with van der Waals surface area (Å²) >= 11 is 7.48. The van der Waals surface area contributed by atoms with Gasteiger partial charge in [-0.25, -0.2) is 9.97 Å². The highest BCUT2D eigenvalue weighted by Gasteiger charge is 2.26. The average Bonchev–Trinajstić information content (AvgIpc) is 3.06. The molecule has 1 N–H and O–H groups in total. The number of methoxy groups -OCH3 is 1. The Morgan fingerprint density at radius 3 is 2.93 bits per heavy atom. The minimum absolute atomic E-state index is 0.205. The van der Waals surface area contributed by atoms with E-state index in [4.69, 9.17) is 16.3 Å². The number of fused-ring (bicyclic) bond motifs is 1. The van der Waals surface area contributed by atoms with Crippen LogP contribution in [0.2, 0.25) is 5.02 Å². The van der Waals surface area contributed by atoms with E-state index in [-0.39, 0.29) is 5.91 Å². The molecular formula is C21H23ClN4O2S. The van der Waals surface area contributed by atoms with E-state index in [0.29, 0.717) is 27.4 Å². The van der Waals surface area contributed by atoms with E-state index in [0.717, 1.165) is 41.0 Å². The number of aromatic nitrogens is 2. The van der Waals surface area contributed by atoms with Crippen molar-refractivity contribution in [3.8, 4) is 5.75 Å². The number of carbonyl (C=O) groups is 1. The van der Waals surface area contributed by atoms with Gasteiger partial charge in [0.2, 0.25) is 0 Å². The van der Waals surface area contributed by atoms with Crippen molar-refractivity contribution in [1.29, 1.82) is 0 Å². The van der Waals surface area contributed by atoms with Gasteiger partial charge in [-0.05, 0) is 56.9 Å². The molecule has 1 aliphatic rings. The fourth-order valence-corrected chi connectivity index (χ4v) is 5.07. The molecule has 0 spiro atoms. The predicted octanol–water partition coefficient (Wildman–Crippen LogP) is 5.29. The molecule has 0 radical (unpaired) electrons. The summed E-state index contributed by atoms with van der Waals surface area (Å²) in [6.45, 7) is 5.17. The lowest BCUT2D eigenvalue weighted by atomic mass is 10.0. The molecular weight excluding hydrogens is 408 g/mol. The first-order chi connectivity index (χ1) is 14.0. The molecule has 4 rings (SSSR count). The number of amides is 1. The third kappa shape index (κ3) is 3.76. The summed E-state index contributed by atoms with van der Waals surface area (Å²) in [7, 11) is 1.56. The number of nitrogens with zero attached hydrogens (tertiary/aromatic N) is 3. The number of thiophene rings is 1. The molecule has 2 aromatic heterocycles. The first kappa shape index (κ1) is 19.9.